The number of halogens is 5. The normalized spacial score (nSPS) is 18.0. The topological polar surface area (TPSA) is 73.7 Å². The number of aliphatic carboxylic acids is 1. The van der Waals surface area contributed by atoms with Gasteiger partial charge in [-0.1, -0.05) is 17.7 Å². The molecule has 2 fully saturated rings. The van der Waals surface area contributed by atoms with Gasteiger partial charge in [-0.2, -0.15) is 13.2 Å². The van der Waals surface area contributed by atoms with E-state index in [0.717, 1.165) is 43.7 Å². The maximum absolute atomic E-state index is 13.6. The average Bonchev–Trinajstić information content (AvgIpc) is 2.76. The van der Waals surface area contributed by atoms with Crippen LogP contribution in [-0.4, -0.2) is 52.7 Å². The van der Waals surface area contributed by atoms with Crippen molar-refractivity contribution < 1.29 is 32.3 Å². The van der Waals surface area contributed by atoms with Gasteiger partial charge in [-0.3, -0.25) is 14.7 Å². The number of carbonyl (C=O) groups excluding carboxylic acids is 1. The summed E-state index contributed by atoms with van der Waals surface area (Å²) in [5.74, 6) is -2.93. The van der Waals surface area contributed by atoms with Gasteiger partial charge in [0.15, 0.2) is 0 Å². The Bertz CT molecular complexity index is 980. The summed E-state index contributed by atoms with van der Waals surface area (Å²) >= 11 is 5.73. The van der Waals surface area contributed by atoms with Crippen molar-refractivity contribution in [3.05, 3.63) is 59.1 Å². The van der Waals surface area contributed by atoms with Gasteiger partial charge in [0, 0.05) is 19.3 Å². The molecule has 32 heavy (non-hydrogen) atoms. The van der Waals surface area contributed by atoms with Crippen LogP contribution < -0.4 is 4.90 Å². The van der Waals surface area contributed by atoms with Crippen LogP contribution in [-0.2, 0) is 16.1 Å². The predicted molar refractivity (Wildman–Crippen MR) is 109 cm³/mol. The van der Waals surface area contributed by atoms with Crippen LogP contribution in [0.25, 0.3) is 0 Å². The molecule has 172 valence electrons. The van der Waals surface area contributed by atoms with Crippen molar-refractivity contribution >= 4 is 29.2 Å². The Balaban J connectivity index is 0.000000360. The molecule has 2 aliphatic rings. The van der Waals surface area contributed by atoms with E-state index in [1.165, 1.54) is 6.07 Å². The number of alkyl halides is 3. The highest BCUT2D eigenvalue weighted by Crippen LogP contribution is 2.43. The van der Waals surface area contributed by atoms with Gasteiger partial charge in [-0.15, -0.1) is 0 Å². The van der Waals surface area contributed by atoms with Crippen molar-refractivity contribution in [3.63, 3.8) is 0 Å². The van der Waals surface area contributed by atoms with Crippen molar-refractivity contribution in [3.8, 4) is 0 Å². The Kier molecular flexibility index (Phi) is 7.04. The fraction of sp³-hybridized carbons (Fsp3) is 0.381. The second-order valence-corrected chi connectivity index (χ2v) is 8.12. The number of carboxylic acid groups (broad SMARTS) is 1. The van der Waals surface area contributed by atoms with E-state index in [4.69, 9.17) is 21.5 Å². The van der Waals surface area contributed by atoms with E-state index >= 15 is 0 Å². The highest BCUT2D eigenvalue weighted by atomic mass is 35.5. The predicted octanol–water partition coefficient (Wildman–Crippen LogP) is 4.14. The number of nitrogens with zero attached hydrogens (tertiary/aromatic N) is 3. The third kappa shape index (κ3) is 5.36. The zero-order valence-corrected chi connectivity index (χ0v) is 17.5. The number of rotatable bonds is 3. The Morgan fingerprint density at radius 3 is 2.38 bits per heavy atom. The summed E-state index contributed by atoms with van der Waals surface area (Å²) in [5, 5.41) is 7.27. The van der Waals surface area contributed by atoms with Gasteiger partial charge in [0.05, 0.1) is 22.3 Å². The number of hydrogen-bond donors (Lipinski definition) is 1. The van der Waals surface area contributed by atoms with Crippen LogP contribution in [0, 0.1) is 11.2 Å². The highest BCUT2D eigenvalue weighted by Gasteiger charge is 2.53. The van der Waals surface area contributed by atoms with Crippen molar-refractivity contribution in [1.29, 1.82) is 0 Å². The molecule has 2 aliphatic heterocycles. The molecular formula is C21H20ClF4N3O3. The zero-order valence-electron chi connectivity index (χ0n) is 16.8. The summed E-state index contributed by atoms with van der Waals surface area (Å²) in [6.07, 6.45) is 0.0495. The van der Waals surface area contributed by atoms with E-state index in [1.807, 2.05) is 23.1 Å². The third-order valence-electron chi connectivity index (χ3n) is 5.56. The van der Waals surface area contributed by atoms with Crippen LogP contribution in [0.15, 0.2) is 42.7 Å². The number of likely N-dealkylation sites (tertiary alicyclic amines) is 1. The lowest BCUT2D eigenvalue weighted by atomic mass is 9.71. The molecule has 0 saturated carbocycles. The fourth-order valence-electron chi connectivity index (χ4n) is 3.77. The van der Waals surface area contributed by atoms with Gasteiger partial charge in [0.25, 0.3) is 0 Å². The first kappa shape index (κ1) is 23.9. The number of β-lactam (4-membered cyclic amide) rings is 1. The van der Waals surface area contributed by atoms with E-state index in [2.05, 4.69) is 9.88 Å². The quantitative estimate of drug-likeness (QED) is 0.536. The molecule has 4 rings (SSSR count). The SMILES string of the molecule is O=C(O)C(F)(F)F.O=C1N(c2cccnc2)CC12CCN(Cc1ccc(Cl)c(F)c1)CC2. The van der Waals surface area contributed by atoms with Gasteiger partial charge < -0.3 is 10.0 Å². The van der Waals surface area contributed by atoms with Crippen LogP contribution in [0.4, 0.5) is 23.2 Å². The molecule has 0 atom stereocenters. The summed E-state index contributed by atoms with van der Waals surface area (Å²) in [6.45, 7) is 3.14. The summed E-state index contributed by atoms with van der Waals surface area (Å²) < 4.78 is 45.3. The molecule has 0 radical (unpaired) electrons. The smallest absolute Gasteiger partial charge is 0.475 e. The van der Waals surface area contributed by atoms with Crippen LogP contribution in [0.2, 0.25) is 5.02 Å². The number of benzene rings is 1. The second kappa shape index (κ2) is 9.41. The minimum atomic E-state index is -5.08. The third-order valence-corrected chi connectivity index (χ3v) is 5.87. The van der Waals surface area contributed by atoms with E-state index in [0.29, 0.717) is 6.54 Å². The summed E-state index contributed by atoms with van der Waals surface area (Å²) in [7, 11) is 0. The molecule has 1 aromatic carbocycles. The number of carboxylic acids is 1. The number of amides is 1. The van der Waals surface area contributed by atoms with Crippen LogP contribution in [0.3, 0.4) is 0 Å². The van der Waals surface area contributed by atoms with E-state index in [-0.39, 0.29) is 22.2 Å². The average molecular weight is 474 g/mol. The zero-order chi connectivity index (χ0) is 23.5. The van der Waals surface area contributed by atoms with Gasteiger partial charge in [-0.05, 0) is 55.8 Å². The maximum atomic E-state index is 13.6. The van der Waals surface area contributed by atoms with Crippen molar-refractivity contribution in [1.82, 2.24) is 9.88 Å². The summed E-state index contributed by atoms with van der Waals surface area (Å²) in [4.78, 5) is 29.8. The highest BCUT2D eigenvalue weighted by molar-refractivity contribution is 6.30. The number of piperidine rings is 1. The first-order chi connectivity index (χ1) is 15.0. The molecule has 1 aromatic heterocycles. The van der Waals surface area contributed by atoms with Crippen LogP contribution >= 0.6 is 11.6 Å². The van der Waals surface area contributed by atoms with Gasteiger partial charge in [0.1, 0.15) is 5.82 Å². The number of aromatic nitrogens is 1. The number of anilines is 1. The fourth-order valence-corrected chi connectivity index (χ4v) is 3.88. The van der Waals surface area contributed by atoms with Crippen LogP contribution in [0.1, 0.15) is 18.4 Å². The molecule has 0 unspecified atom stereocenters. The van der Waals surface area contributed by atoms with Gasteiger partial charge in [-0.25, -0.2) is 9.18 Å². The second-order valence-electron chi connectivity index (χ2n) is 7.71. The minimum Gasteiger partial charge on any atom is -0.475 e. The minimum absolute atomic E-state index is 0.150. The molecular weight excluding hydrogens is 454 g/mol. The van der Waals surface area contributed by atoms with Gasteiger partial charge in [0.2, 0.25) is 5.91 Å². The molecule has 3 heterocycles. The van der Waals surface area contributed by atoms with E-state index in [1.54, 1.807) is 18.5 Å². The first-order valence-electron chi connectivity index (χ1n) is 9.70. The lowest BCUT2D eigenvalue weighted by Gasteiger charge is -2.52. The van der Waals surface area contributed by atoms with Crippen LogP contribution in [0.5, 0.6) is 0 Å². The van der Waals surface area contributed by atoms with E-state index in [9.17, 15) is 22.4 Å². The Labute approximate surface area is 186 Å². The molecule has 0 aliphatic carbocycles. The molecule has 2 saturated heterocycles. The van der Waals surface area contributed by atoms with Crippen molar-refractivity contribution in [2.24, 2.45) is 5.41 Å². The Morgan fingerprint density at radius 1 is 1.22 bits per heavy atom. The number of carbonyl (C=O) groups is 2. The molecule has 1 N–H and O–H groups in total. The first-order valence-corrected chi connectivity index (χ1v) is 10.1. The summed E-state index contributed by atoms with van der Waals surface area (Å²) in [5.41, 5.74) is 1.56. The lowest BCUT2D eigenvalue weighted by Crippen LogP contribution is -2.65. The van der Waals surface area contributed by atoms with E-state index < -0.39 is 12.1 Å². The number of pyridine rings is 1. The molecule has 1 amide bonds. The molecule has 1 spiro atoms. The largest absolute Gasteiger partial charge is 0.490 e. The monoisotopic (exact) mass is 473 g/mol. The Hall–Kier alpha value is -2.72. The standard InChI is InChI=1S/C19H19ClFN3O.C2HF3O2/c20-16-4-3-14(10-17(16)21)12-23-8-5-19(6-9-23)13-24(18(19)25)15-2-1-7-22-11-15;3-2(4,5)1(6)7/h1-4,7,10-11H,5-6,8-9,12-13H2;(H,6,7). The molecule has 11 heteroatoms. The lowest BCUT2D eigenvalue weighted by molar-refractivity contribution is -0.192. The number of hydrogen-bond acceptors (Lipinski definition) is 4. The maximum Gasteiger partial charge on any atom is 0.490 e. The molecule has 0 bridgehead atoms. The van der Waals surface area contributed by atoms with Gasteiger partial charge >= 0.3 is 12.1 Å². The summed E-state index contributed by atoms with van der Waals surface area (Å²) in [6, 6.07) is 8.71. The Morgan fingerprint density at radius 2 is 1.88 bits per heavy atom. The molecule has 6 nitrogen and oxygen atoms in total. The molecule has 2 aromatic rings. The van der Waals surface area contributed by atoms with Crippen molar-refractivity contribution in [2.45, 2.75) is 25.6 Å². The van der Waals surface area contributed by atoms with Crippen molar-refractivity contribution in [2.75, 3.05) is 24.5 Å².